The summed E-state index contributed by atoms with van der Waals surface area (Å²) in [5.41, 5.74) is 2.38. The molecule has 0 unspecified atom stereocenters. The molecule has 0 atom stereocenters. The van der Waals surface area contributed by atoms with Crippen LogP contribution >= 0.6 is 0 Å². The van der Waals surface area contributed by atoms with Crippen LogP contribution in [0.3, 0.4) is 0 Å². The highest BCUT2D eigenvalue weighted by Crippen LogP contribution is 2.38. The molecule has 140 valence electrons. The third kappa shape index (κ3) is 4.20. The number of halogens is 3. The summed E-state index contributed by atoms with van der Waals surface area (Å²) < 4.78 is 62.4. The molecular weight excluding hydrogens is 375 g/mol. The van der Waals surface area contributed by atoms with Gasteiger partial charge in [0, 0.05) is 0 Å². The third-order valence-electron chi connectivity index (χ3n) is 4.17. The fourth-order valence-corrected chi connectivity index (χ4v) is 3.36. The Hall–Kier alpha value is -2.64. The summed E-state index contributed by atoms with van der Waals surface area (Å²) in [4.78, 5) is -0.0599. The molecule has 0 heterocycles. The maximum atomic E-state index is 13.2. The second-order valence-corrected chi connectivity index (χ2v) is 7.76. The summed E-state index contributed by atoms with van der Waals surface area (Å²) >= 11 is 0. The van der Waals surface area contributed by atoms with Crippen LogP contribution in [-0.2, 0) is 16.2 Å². The molecule has 0 aliphatic heterocycles. The number of benzene rings is 3. The molecule has 7 heteroatoms. The maximum Gasteiger partial charge on any atom is 0.416 e. The van der Waals surface area contributed by atoms with Crippen LogP contribution in [0.2, 0.25) is 0 Å². The number of nitrogens with two attached hydrogens (primary N) is 1. The van der Waals surface area contributed by atoms with E-state index in [0.717, 1.165) is 17.7 Å². The van der Waals surface area contributed by atoms with E-state index in [9.17, 15) is 21.6 Å². The van der Waals surface area contributed by atoms with Crippen LogP contribution in [0.1, 0.15) is 11.1 Å². The lowest BCUT2D eigenvalue weighted by atomic mass is 9.92. The minimum absolute atomic E-state index is 0.0599. The molecule has 0 bridgehead atoms. The predicted molar refractivity (Wildman–Crippen MR) is 98.4 cm³/mol. The zero-order valence-corrected chi connectivity index (χ0v) is 15.1. The number of hydrogen-bond donors (Lipinski definition) is 1. The zero-order valence-electron chi connectivity index (χ0n) is 14.3. The summed E-state index contributed by atoms with van der Waals surface area (Å²) in [6.07, 6.45) is -4.46. The van der Waals surface area contributed by atoms with Crippen molar-refractivity contribution in [3.8, 4) is 22.3 Å². The van der Waals surface area contributed by atoms with Crippen molar-refractivity contribution in [2.75, 3.05) is 0 Å². The SMILES string of the molecule is Cc1cccc(-c2cc(C(F)(F)F)ccc2-c2ccc(S(N)(=O)=O)cc2)c1. The van der Waals surface area contributed by atoms with E-state index in [-0.39, 0.29) is 4.90 Å². The lowest BCUT2D eigenvalue weighted by Gasteiger charge is -2.15. The smallest absolute Gasteiger partial charge is 0.225 e. The fourth-order valence-electron chi connectivity index (χ4n) is 2.85. The molecule has 0 aliphatic rings. The standard InChI is InChI=1S/C20H16F3NO2S/c1-13-3-2-4-15(11-13)19-12-16(20(21,22)23)7-10-18(19)14-5-8-17(9-6-14)27(24,25)26/h2-12H,1H3,(H2,24,25,26). The topological polar surface area (TPSA) is 60.2 Å². The molecule has 0 aliphatic carbocycles. The van der Waals surface area contributed by atoms with Gasteiger partial charge in [-0.15, -0.1) is 0 Å². The minimum Gasteiger partial charge on any atom is -0.225 e. The number of sulfonamides is 1. The number of alkyl halides is 3. The second-order valence-electron chi connectivity index (χ2n) is 6.20. The molecule has 0 radical (unpaired) electrons. The average molecular weight is 391 g/mol. The molecule has 3 aromatic carbocycles. The first kappa shape index (κ1) is 19.1. The Kier molecular flexibility index (Phi) is 4.84. The normalized spacial score (nSPS) is 12.2. The Morgan fingerprint density at radius 2 is 1.48 bits per heavy atom. The second kappa shape index (κ2) is 6.83. The van der Waals surface area contributed by atoms with Crippen LogP contribution in [0.15, 0.2) is 71.6 Å². The monoisotopic (exact) mass is 391 g/mol. The van der Waals surface area contributed by atoms with Crippen LogP contribution in [0.5, 0.6) is 0 Å². The van der Waals surface area contributed by atoms with Crippen LogP contribution in [0.25, 0.3) is 22.3 Å². The van der Waals surface area contributed by atoms with E-state index in [1.54, 1.807) is 18.2 Å². The Morgan fingerprint density at radius 1 is 0.815 bits per heavy atom. The van der Waals surface area contributed by atoms with Gasteiger partial charge in [-0.2, -0.15) is 13.2 Å². The largest absolute Gasteiger partial charge is 0.416 e. The number of rotatable bonds is 3. The zero-order chi connectivity index (χ0) is 19.8. The van der Waals surface area contributed by atoms with E-state index in [0.29, 0.717) is 22.3 Å². The summed E-state index contributed by atoms with van der Waals surface area (Å²) in [5.74, 6) is 0. The molecule has 0 fully saturated rings. The van der Waals surface area contributed by atoms with Crippen molar-refractivity contribution in [2.24, 2.45) is 5.14 Å². The van der Waals surface area contributed by atoms with Crippen LogP contribution in [0.4, 0.5) is 13.2 Å². The molecule has 2 N–H and O–H groups in total. The van der Waals surface area contributed by atoms with E-state index in [1.165, 1.54) is 30.3 Å². The Balaban J connectivity index is 2.20. The van der Waals surface area contributed by atoms with E-state index < -0.39 is 21.8 Å². The molecular formula is C20H16F3NO2S. The molecule has 0 saturated carbocycles. The minimum atomic E-state index is -4.46. The number of aryl methyl sites for hydroxylation is 1. The van der Waals surface area contributed by atoms with Gasteiger partial charge >= 0.3 is 6.18 Å². The molecule has 0 aromatic heterocycles. The molecule has 3 aromatic rings. The van der Waals surface area contributed by atoms with Gasteiger partial charge in [0.1, 0.15) is 0 Å². The third-order valence-corrected chi connectivity index (χ3v) is 5.10. The van der Waals surface area contributed by atoms with Gasteiger partial charge in [0.25, 0.3) is 0 Å². The Labute approximate surface area is 155 Å². The highest BCUT2D eigenvalue weighted by atomic mass is 32.2. The van der Waals surface area contributed by atoms with E-state index in [4.69, 9.17) is 5.14 Å². The molecule has 3 rings (SSSR count). The van der Waals surface area contributed by atoms with Crippen molar-refractivity contribution in [1.82, 2.24) is 0 Å². The molecule has 0 saturated heterocycles. The first-order chi connectivity index (χ1) is 12.6. The quantitative estimate of drug-likeness (QED) is 0.683. The van der Waals surface area contributed by atoms with Crippen molar-refractivity contribution in [1.29, 1.82) is 0 Å². The summed E-state index contributed by atoms with van der Waals surface area (Å²) in [7, 11) is -3.84. The molecule has 27 heavy (non-hydrogen) atoms. The van der Waals surface area contributed by atoms with Gasteiger partial charge in [-0.3, -0.25) is 0 Å². The van der Waals surface area contributed by atoms with Gasteiger partial charge in [0.15, 0.2) is 0 Å². The average Bonchev–Trinajstić information content (AvgIpc) is 2.60. The van der Waals surface area contributed by atoms with Gasteiger partial charge in [-0.05, 0) is 53.4 Å². The summed E-state index contributed by atoms with van der Waals surface area (Å²) in [5, 5.41) is 5.10. The van der Waals surface area contributed by atoms with Crippen molar-refractivity contribution >= 4 is 10.0 Å². The fraction of sp³-hybridized carbons (Fsp3) is 0.100. The van der Waals surface area contributed by atoms with Gasteiger partial charge in [-0.25, -0.2) is 13.6 Å². The highest BCUT2D eigenvalue weighted by Gasteiger charge is 2.31. The van der Waals surface area contributed by atoms with Gasteiger partial charge < -0.3 is 0 Å². The van der Waals surface area contributed by atoms with E-state index in [2.05, 4.69) is 0 Å². The van der Waals surface area contributed by atoms with Crippen LogP contribution in [0, 0.1) is 6.92 Å². The summed E-state index contributed by atoms with van der Waals surface area (Å²) in [6, 6.07) is 16.4. The number of primary sulfonamides is 1. The van der Waals surface area contributed by atoms with Crippen molar-refractivity contribution in [2.45, 2.75) is 18.0 Å². The van der Waals surface area contributed by atoms with Gasteiger partial charge in [0.05, 0.1) is 10.5 Å². The van der Waals surface area contributed by atoms with Crippen molar-refractivity contribution < 1.29 is 21.6 Å². The lowest BCUT2D eigenvalue weighted by molar-refractivity contribution is -0.137. The van der Waals surface area contributed by atoms with Crippen LogP contribution in [-0.4, -0.2) is 8.42 Å². The maximum absolute atomic E-state index is 13.2. The van der Waals surface area contributed by atoms with Crippen molar-refractivity contribution in [3.63, 3.8) is 0 Å². The lowest BCUT2D eigenvalue weighted by Crippen LogP contribution is -2.11. The predicted octanol–water partition coefficient (Wildman–Crippen LogP) is 5.00. The molecule has 0 spiro atoms. The number of hydrogen-bond acceptors (Lipinski definition) is 2. The van der Waals surface area contributed by atoms with E-state index in [1.807, 2.05) is 13.0 Å². The highest BCUT2D eigenvalue weighted by molar-refractivity contribution is 7.89. The van der Waals surface area contributed by atoms with Crippen molar-refractivity contribution in [3.05, 3.63) is 77.9 Å². The summed E-state index contributed by atoms with van der Waals surface area (Å²) in [6.45, 7) is 1.86. The first-order valence-corrected chi connectivity index (χ1v) is 9.52. The molecule has 3 nitrogen and oxygen atoms in total. The Morgan fingerprint density at radius 3 is 2.04 bits per heavy atom. The molecule has 0 amide bonds. The van der Waals surface area contributed by atoms with Crippen LogP contribution < -0.4 is 5.14 Å². The van der Waals surface area contributed by atoms with Gasteiger partial charge in [0.2, 0.25) is 10.0 Å². The first-order valence-electron chi connectivity index (χ1n) is 7.97. The Bertz CT molecular complexity index is 1090. The van der Waals surface area contributed by atoms with E-state index >= 15 is 0 Å². The van der Waals surface area contributed by atoms with Gasteiger partial charge in [-0.1, -0.05) is 48.0 Å².